The number of ether oxygens (including phenoxy) is 1. The molecule has 0 saturated heterocycles. The summed E-state index contributed by atoms with van der Waals surface area (Å²) in [6, 6.07) is 12.0. The summed E-state index contributed by atoms with van der Waals surface area (Å²) in [5.41, 5.74) is 1.41. The van der Waals surface area contributed by atoms with E-state index in [-0.39, 0.29) is 5.75 Å². The number of halogens is 1. The van der Waals surface area contributed by atoms with E-state index in [4.69, 9.17) is 4.74 Å². The predicted molar refractivity (Wildman–Crippen MR) is 77.6 cm³/mol. The van der Waals surface area contributed by atoms with Gasteiger partial charge in [0.2, 0.25) is 0 Å². The van der Waals surface area contributed by atoms with Gasteiger partial charge in [0.15, 0.2) is 11.6 Å². The van der Waals surface area contributed by atoms with Crippen molar-refractivity contribution >= 4 is 5.69 Å². The summed E-state index contributed by atoms with van der Waals surface area (Å²) in [5.74, 6) is -0.0819. The van der Waals surface area contributed by atoms with Gasteiger partial charge >= 0.3 is 0 Å². The number of hydrogen-bond donors (Lipinski definition) is 2. The van der Waals surface area contributed by atoms with Gasteiger partial charge in [0.05, 0.1) is 6.61 Å². The first-order valence-electron chi connectivity index (χ1n) is 6.63. The second kappa shape index (κ2) is 6.80. The first-order chi connectivity index (χ1) is 9.70. The van der Waals surface area contributed by atoms with Crippen LogP contribution < -0.4 is 10.1 Å². The number of aromatic hydroxyl groups is 1. The summed E-state index contributed by atoms with van der Waals surface area (Å²) in [4.78, 5) is 0. The van der Waals surface area contributed by atoms with Crippen LogP contribution in [0.3, 0.4) is 0 Å². The molecule has 0 bridgehead atoms. The molecule has 0 aliphatic rings. The van der Waals surface area contributed by atoms with Crippen molar-refractivity contribution in [3.8, 4) is 11.5 Å². The molecule has 2 aromatic rings. The zero-order valence-corrected chi connectivity index (χ0v) is 11.4. The maximum absolute atomic E-state index is 13.2. The highest BCUT2D eigenvalue weighted by molar-refractivity contribution is 5.47. The molecule has 20 heavy (non-hydrogen) atoms. The van der Waals surface area contributed by atoms with E-state index in [9.17, 15) is 9.50 Å². The number of benzene rings is 2. The molecule has 0 aliphatic heterocycles. The van der Waals surface area contributed by atoms with E-state index in [1.54, 1.807) is 12.1 Å². The minimum absolute atomic E-state index is 0.303. The molecule has 2 aromatic carbocycles. The summed E-state index contributed by atoms with van der Waals surface area (Å²) in [6.45, 7) is 3.12. The van der Waals surface area contributed by atoms with E-state index < -0.39 is 5.82 Å². The number of hydrogen-bond acceptors (Lipinski definition) is 3. The van der Waals surface area contributed by atoms with Crippen molar-refractivity contribution < 1.29 is 14.2 Å². The molecular formula is C16H18FNO2. The molecule has 0 aromatic heterocycles. The van der Waals surface area contributed by atoms with Crippen LogP contribution in [0, 0.1) is 5.82 Å². The van der Waals surface area contributed by atoms with E-state index in [0.717, 1.165) is 17.9 Å². The Morgan fingerprint density at radius 3 is 2.60 bits per heavy atom. The molecule has 106 valence electrons. The van der Waals surface area contributed by atoms with Gasteiger partial charge in [-0.15, -0.1) is 0 Å². The Hall–Kier alpha value is -2.23. The smallest absolute Gasteiger partial charge is 0.165 e. The van der Waals surface area contributed by atoms with Crippen LogP contribution in [0.2, 0.25) is 0 Å². The molecule has 0 unspecified atom stereocenters. The fourth-order valence-corrected chi connectivity index (χ4v) is 1.79. The lowest BCUT2D eigenvalue weighted by molar-refractivity contribution is 0.317. The molecule has 0 spiro atoms. The van der Waals surface area contributed by atoms with Crippen molar-refractivity contribution in [3.63, 3.8) is 0 Å². The highest BCUT2D eigenvalue weighted by atomic mass is 19.1. The molecule has 0 aliphatic carbocycles. The number of nitrogens with one attached hydrogen (secondary N) is 1. The van der Waals surface area contributed by atoms with Gasteiger partial charge in [0, 0.05) is 17.8 Å². The standard InChI is InChI=1S/C16H18FNO2/c1-2-10-20-14-8-6-13(7-9-14)18-11-12-4-3-5-15(17)16(12)19/h3-9,18-19H,2,10-11H2,1H3. The van der Waals surface area contributed by atoms with Gasteiger partial charge in [-0.3, -0.25) is 0 Å². The van der Waals surface area contributed by atoms with Gasteiger partial charge in [-0.1, -0.05) is 19.1 Å². The third-order valence-corrected chi connectivity index (χ3v) is 2.88. The SMILES string of the molecule is CCCOc1ccc(NCc2cccc(F)c2O)cc1. The van der Waals surface area contributed by atoms with Crippen LogP contribution in [0.25, 0.3) is 0 Å². The van der Waals surface area contributed by atoms with Gasteiger partial charge in [-0.05, 0) is 36.8 Å². The van der Waals surface area contributed by atoms with Crippen LogP contribution in [-0.4, -0.2) is 11.7 Å². The molecule has 0 saturated carbocycles. The fourth-order valence-electron chi connectivity index (χ4n) is 1.79. The minimum atomic E-state index is -0.604. The van der Waals surface area contributed by atoms with Crippen molar-refractivity contribution in [3.05, 3.63) is 53.8 Å². The predicted octanol–water partition coefficient (Wildman–Crippen LogP) is 3.93. The summed E-state index contributed by atoms with van der Waals surface area (Å²) >= 11 is 0. The lowest BCUT2D eigenvalue weighted by Crippen LogP contribution is -2.00. The van der Waals surface area contributed by atoms with E-state index >= 15 is 0 Å². The normalized spacial score (nSPS) is 10.3. The molecule has 0 amide bonds. The summed E-state index contributed by atoms with van der Waals surface area (Å²) in [7, 11) is 0. The third-order valence-electron chi connectivity index (χ3n) is 2.88. The fraction of sp³-hybridized carbons (Fsp3) is 0.250. The van der Waals surface area contributed by atoms with E-state index in [2.05, 4.69) is 12.2 Å². The quantitative estimate of drug-likeness (QED) is 0.839. The van der Waals surface area contributed by atoms with Crippen molar-refractivity contribution in [1.29, 1.82) is 0 Å². The van der Waals surface area contributed by atoms with Gasteiger partial charge in [-0.25, -0.2) is 4.39 Å². The molecule has 2 rings (SSSR count). The Morgan fingerprint density at radius 1 is 1.15 bits per heavy atom. The number of phenolic OH excluding ortho intramolecular Hbond substituents is 1. The number of phenols is 1. The zero-order valence-electron chi connectivity index (χ0n) is 11.4. The van der Waals surface area contributed by atoms with Crippen LogP contribution in [-0.2, 0) is 6.54 Å². The van der Waals surface area contributed by atoms with E-state index in [1.165, 1.54) is 6.07 Å². The van der Waals surface area contributed by atoms with Crippen LogP contribution in [0.1, 0.15) is 18.9 Å². The Morgan fingerprint density at radius 2 is 1.90 bits per heavy atom. The summed E-state index contributed by atoms with van der Waals surface area (Å²) < 4.78 is 18.7. The van der Waals surface area contributed by atoms with Crippen molar-refractivity contribution in [2.45, 2.75) is 19.9 Å². The maximum atomic E-state index is 13.2. The van der Waals surface area contributed by atoms with Gasteiger partial charge < -0.3 is 15.2 Å². The van der Waals surface area contributed by atoms with Crippen molar-refractivity contribution in [2.24, 2.45) is 0 Å². The van der Waals surface area contributed by atoms with Gasteiger partial charge in [0.25, 0.3) is 0 Å². The van der Waals surface area contributed by atoms with Crippen molar-refractivity contribution in [1.82, 2.24) is 0 Å². The Bertz CT molecular complexity index is 555. The molecule has 3 nitrogen and oxygen atoms in total. The maximum Gasteiger partial charge on any atom is 0.165 e. The summed E-state index contributed by atoms with van der Waals surface area (Å²) in [6.07, 6.45) is 0.971. The zero-order chi connectivity index (χ0) is 14.4. The lowest BCUT2D eigenvalue weighted by Gasteiger charge is -2.10. The second-order valence-corrected chi connectivity index (χ2v) is 4.47. The molecule has 2 N–H and O–H groups in total. The lowest BCUT2D eigenvalue weighted by atomic mass is 10.2. The first-order valence-corrected chi connectivity index (χ1v) is 6.63. The monoisotopic (exact) mass is 275 g/mol. The largest absolute Gasteiger partial charge is 0.505 e. The molecule has 0 atom stereocenters. The van der Waals surface area contributed by atoms with Crippen LogP contribution in [0.15, 0.2) is 42.5 Å². The van der Waals surface area contributed by atoms with Gasteiger partial charge in [-0.2, -0.15) is 0 Å². The molecule has 0 fully saturated rings. The average Bonchev–Trinajstić information content (AvgIpc) is 2.48. The number of rotatable bonds is 6. The van der Waals surface area contributed by atoms with Crippen LogP contribution >= 0.6 is 0 Å². The van der Waals surface area contributed by atoms with Crippen LogP contribution in [0.5, 0.6) is 11.5 Å². The molecule has 0 heterocycles. The number of anilines is 1. The molecule has 0 radical (unpaired) electrons. The average molecular weight is 275 g/mol. The Kier molecular flexibility index (Phi) is 4.82. The van der Waals surface area contributed by atoms with E-state index in [0.29, 0.717) is 18.7 Å². The van der Waals surface area contributed by atoms with Gasteiger partial charge in [0.1, 0.15) is 5.75 Å². The summed E-state index contributed by atoms with van der Waals surface area (Å²) in [5, 5.41) is 12.7. The second-order valence-electron chi connectivity index (χ2n) is 4.47. The third kappa shape index (κ3) is 3.63. The first kappa shape index (κ1) is 14.2. The Labute approximate surface area is 118 Å². The number of para-hydroxylation sites is 1. The van der Waals surface area contributed by atoms with E-state index in [1.807, 2.05) is 24.3 Å². The molecular weight excluding hydrogens is 257 g/mol. The Balaban J connectivity index is 1.95. The topological polar surface area (TPSA) is 41.5 Å². The highest BCUT2D eigenvalue weighted by Gasteiger charge is 2.05. The highest BCUT2D eigenvalue weighted by Crippen LogP contribution is 2.22. The molecule has 4 heteroatoms. The van der Waals surface area contributed by atoms with Crippen molar-refractivity contribution in [2.75, 3.05) is 11.9 Å². The van der Waals surface area contributed by atoms with Crippen LogP contribution in [0.4, 0.5) is 10.1 Å². The minimum Gasteiger partial charge on any atom is -0.505 e.